The van der Waals surface area contributed by atoms with Crippen LogP contribution in [0.1, 0.15) is 19.8 Å². The molecular formula is C9H20N2S. The largest absolute Gasteiger partial charge is 0.327 e. The molecule has 0 spiro atoms. The third kappa shape index (κ3) is 3.33. The molecule has 0 aromatic heterocycles. The van der Waals surface area contributed by atoms with Crippen LogP contribution in [0.15, 0.2) is 0 Å². The zero-order valence-electron chi connectivity index (χ0n) is 8.12. The molecule has 1 aliphatic rings. The SMILES string of the molecule is CC(N)CN(C)C1CCCSC1. The number of hydrogen-bond acceptors (Lipinski definition) is 3. The topological polar surface area (TPSA) is 29.3 Å². The first kappa shape index (κ1) is 10.4. The summed E-state index contributed by atoms with van der Waals surface area (Å²) in [5.74, 6) is 2.64. The fourth-order valence-electron chi connectivity index (χ4n) is 1.67. The van der Waals surface area contributed by atoms with Crippen molar-refractivity contribution < 1.29 is 0 Å². The van der Waals surface area contributed by atoms with E-state index < -0.39 is 0 Å². The van der Waals surface area contributed by atoms with E-state index in [9.17, 15) is 0 Å². The van der Waals surface area contributed by atoms with Crippen molar-refractivity contribution in [3.8, 4) is 0 Å². The molecule has 1 rings (SSSR count). The molecule has 0 aromatic rings. The molecule has 0 aromatic carbocycles. The summed E-state index contributed by atoms with van der Waals surface area (Å²) in [6, 6.07) is 1.08. The molecule has 2 nitrogen and oxygen atoms in total. The lowest BCUT2D eigenvalue weighted by Crippen LogP contribution is -2.42. The summed E-state index contributed by atoms with van der Waals surface area (Å²) in [6.07, 6.45) is 2.73. The van der Waals surface area contributed by atoms with Gasteiger partial charge >= 0.3 is 0 Å². The van der Waals surface area contributed by atoms with Crippen LogP contribution in [0.2, 0.25) is 0 Å². The zero-order chi connectivity index (χ0) is 8.97. The molecule has 12 heavy (non-hydrogen) atoms. The third-order valence-corrected chi connectivity index (χ3v) is 3.53. The van der Waals surface area contributed by atoms with Crippen molar-refractivity contribution in [1.29, 1.82) is 0 Å². The van der Waals surface area contributed by atoms with Crippen molar-refractivity contribution in [2.75, 3.05) is 25.1 Å². The van der Waals surface area contributed by atoms with E-state index in [1.807, 2.05) is 0 Å². The first-order chi connectivity index (χ1) is 5.70. The van der Waals surface area contributed by atoms with E-state index in [0.717, 1.165) is 12.6 Å². The average Bonchev–Trinajstić information content (AvgIpc) is 2.05. The molecule has 2 N–H and O–H groups in total. The quantitative estimate of drug-likeness (QED) is 0.721. The standard InChI is InChI=1S/C9H20N2S/c1-8(10)6-11(2)9-4-3-5-12-7-9/h8-9H,3-7,10H2,1-2H3. The molecule has 0 radical (unpaired) electrons. The summed E-state index contributed by atoms with van der Waals surface area (Å²) in [5.41, 5.74) is 5.75. The Morgan fingerprint density at radius 3 is 2.92 bits per heavy atom. The van der Waals surface area contributed by atoms with E-state index in [1.54, 1.807) is 0 Å². The maximum absolute atomic E-state index is 5.75. The van der Waals surface area contributed by atoms with Crippen LogP contribution in [0.5, 0.6) is 0 Å². The van der Waals surface area contributed by atoms with Gasteiger partial charge in [0.25, 0.3) is 0 Å². The lowest BCUT2D eigenvalue weighted by atomic mass is 10.1. The van der Waals surface area contributed by atoms with Crippen LogP contribution in [-0.4, -0.2) is 42.1 Å². The zero-order valence-corrected chi connectivity index (χ0v) is 8.94. The molecule has 1 heterocycles. The first-order valence-corrected chi connectivity index (χ1v) is 5.89. The van der Waals surface area contributed by atoms with Gasteiger partial charge in [0.1, 0.15) is 0 Å². The molecule has 0 saturated carbocycles. The Hall–Kier alpha value is 0.270. The maximum atomic E-state index is 5.75. The molecule has 2 atom stereocenters. The van der Waals surface area contributed by atoms with Gasteiger partial charge in [-0.2, -0.15) is 11.8 Å². The lowest BCUT2D eigenvalue weighted by Gasteiger charge is -2.31. The summed E-state index contributed by atoms with van der Waals surface area (Å²) in [7, 11) is 2.19. The second kappa shape index (κ2) is 5.10. The Kier molecular flexibility index (Phi) is 4.40. The van der Waals surface area contributed by atoms with Crippen molar-refractivity contribution in [3.63, 3.8) is 0 Å². The van der Waals surface area contributed by atoms with Gasteiger partial charge in [-0.05, 0) is 32.6 Å². The number of rotatable bonds is 3. The van der Waals surface area contributed by atoms with E-state index in [2.05, 4.69) is 30.6 Å². The number of likely N-dealkylation sites (N-methyl/N-ethyl adjacent to an activating group) is 1. The van der Waals surface area contributed by atoms with Gasteiger partial charge in [0.05, 0.1) is 0 Å². The smallest absolute Gasteiger partial charge is 0.0184 e. The Morgan fingerprint density at radius 2 is 2.42 bits per heavy atom. The predicted octanol–water partition coefficient (Wildman–Crippen LogP) is 1.16. The fourth-order valence-corrected chi connectivity index (χ4v) is 2.91. The van der Waals surface area contributed by atoms with Gasteiger partial charge in [-0.25, -0.2) is 0 Å². The van der Waals surface area contributed by atoms with E-state index in [-0.39, 0.29) is 0 Å². The normalized spacial score (nSPS) is 27.5. The molecule has 1 saturated heterocycles. The molecule has 0 aliphatic carbocycles. The van der Waals surface area contributed by atoms with E-state index in [4.69, 9.17) is 5.73 Å². The fraction of sp³-hybridized carbons (Fsp3) is 1.00. The van der Waals surface area contributed by atoms with Crippen LogP contribution in [-0.2, 0) is 0 Å². The van der Waals surface area contributed by atoms with Gasteiger partial charge in [0.2, 0.25) is 0 Å². The van der Waals surface area contributed by atoms with Gasteiger partial charge in [-0.1, -0.05) is 0 Å². The highest BCUT2D eigenvalue weighted by atomic mass is 32.2. The first-order valence-electron chi connectivity index (χ1n) is 4.73. The Morgan fingerprint density at radius 1 is 1.67 bits per heavy atom. The molecular weight excluding hydrogens is 168 g/mol. The summed E-state index contributed by atoms with van der Waals surface area (Å²) in [5, 5.41) is 0. The Bertz CT molecular complexity index is 122. The third-order valence-electron chi connectivity index (χ3n) is 2.34. The molecule has 2 unspecified atom stereocenters. The number of nitrogens with zero attached hydrogens (tertiary/aromatic N) is 1. The Balaban J connectivity index is 2.24. The minimum absolute atomic E-state index is 0.307. The van der Waals surface area contributed by atoms with E-state index in [1.165, 1.54) is 24.3 Å². The summed E-state index contributed by atoms with van der Waals surface area (Å²) >= 11 is 2.08. The number of thioether (sulfide) groups is 1. The highest BCUT2D eigenvalue weighted by Crippen LogP contribution is 2.20. The molecule has 0 amide bonds. The van der Waals surface area contributed by atoms with E-state index in [0.29, 0.717) is 6.04 Å². The van der Waals surface area contributed by atoms with Gasteiger partial charge in [-0.15, -0.1) is 0 Å². The Labute approximate surface area is 79.9 Å². The minimum Gasteiger partial charge on any atom is -0.327 e. The van der Waals surface area contributed by atoms with Gasteiger partial charge < -0.3 is 10.6 Å². The van der Waals surface area contributed by atoms with Gasteiger partial charge in [0, 0.05) is 24.4 Å². The van der Waals surface area contributed by atoms with Crippen LogP contribution >= 0.6 is 11.8 Å². The number of nitrogens with two attached hydrogens (primary N) is 1. The van der Waals surface area contributed by atoms with Crippen molar-refractivity contribution in [2.45, 2.75) is 31.8 Å². The monoisotopic (exact) mass is 188 g/mol. The van der Waals surface area contributed by atoms with Crippen LogP contribution in [0, 0.1) is 0 Å². The van der Waals surface area contributed by atoms with Crippen LogP contribution in [0.25, 0.3) is 0 Å². The summed E-state index contributed by atoms with van der Waals surface area (Å²) in [4.78, 5) is 2.41. The minimum atomic E-state index is 0.307. The van der Waals surface area contributed by atoms with Gasteiger partial charge in [0.15, 0.2) is 0 Å². The lowest BCUT2D eigenvalue weighted by molar-refractivity contribution is 0.236. The van der Waals surface area contributed by atoms with E-state index >= 15 is 0 Å². The van der Waals surface area contributed by atoms with Crippen molar-refractivity contribution in [2.24, 2.45) is 5.73 Å². The summed E-state index contributed by atoms with van der Waals surface area (Å²) in [6.45, 7) is 3.11. The molecule has 0 bridgehead atoms. The van der Waals surface area contributed by atoms with Crippen LogP contribution in [0.3, 0.4) is 0 Å². The molecule has 3 heteroatoms. The average molecular weight is 188 g/mol. The molecule has 72 valence electrons. The second-order valence-corrected chi connectivity index (χ2v) is 4.94. The highest BCUT2D eigenvalue weighted by molar-refractivity contribution is 7.99. The molecule has 1 aliphatic heterocycles. The van der Waals surface area contributed by atoms with Crippen LogP contribution < -0.4 is 5.73 Å². The number of hydrogen-bond donors (Lipinski definition) is 1. The van der Waals surface area contributed by atoms with Crippen molar-refractivity contribution >= 4 is 11.8 Å². The second-order valence-electron chi connectivity index (χ2n) is 3.79. The maximum Gasteiger partial charge on any atom is 0.0184 e. The summed E-state index contributed by atoms with van der Waals surface area (Å²) < 4.78 is 0. The predicted molar refractivity (Wildman–Crippen MR) is 56.6 cm³/mol. The van der Waals surface area contributed by atoms with Crippen LogP contribution in [0.4, 0.5) is 0 Å². The van der Waals surface area contributed by atoms with Gasteiger partial charge in [-0.3, -0.25) is 0 Å². The van der Waals surface area contributed by atoms with Crippen molar-refractivity contribution in [1.82, 2.24) is 4.90 Å². The van der Waals surface area contributed by atoms with Crippen molar-refractivity contribution in [3.05, 3.63) is 0 Å². The molecule has 1 fully saturated rings. The highest BCUT2D eigenvalue weighted by Gasteiger charge is 2.18.